The molecule has 2 aromatic rings. The van der Waals surface area contributed by atoms with Crippen molar-refractivity contribution in [2.75, 3.05) is 5.32 Å². The molecular formula is C14H12Cl2N2O2. The molecule has 0 bridgehead atoms. The summed E-state index contributed by atoms with van der Waals surface area (Å²) in [6.07, 6.45) is 0. The van der Waals surface area contributed by atoms with Crippen molar-refractivity contribution in [1.29, 1.82) is 0 Å². The molecule has 0 aromatic heterocycles. The van der Waals surface area contributed by atoms with E-state index in [0.717, 1.165) is 5.56 Å². The van der Waals surface area contributed by atoms with E-state index in [-0.39, 0.29) is 5.69 Å². The fraction of sp³-hybridized carbons (Fsp3) is 0.143. The summed E-state index contributed by atoms with van der Waals surface area (Å²) in [5, 5.41) is 15.1. The molecule has 0 heterocycles. The molecule has 0 radical (unpaired) electrons. The monoisotopic (exact) mass is 310 g/mol. The molecule has 0 saturated heterocycles. The normalized spacial score (nSPS) is 10.3. The number of nitrogens with one attached hydrogen (secondary N) is 1. The van der Waals surface area contributed by atoms with Crippen molar-refractivity contribution in [1.82, 2.24) is 0 Å². The maximum atomic E-state index is 11.0. The molecule has 0 atom stereocenters. The smallest absolute Gasteiger partial charge is 0.292 e. The van der Waals surface area contributed by atoms with Crippen LogP contribution in [0.1, 0.15) is 11.1 Å². The minimum Gasteiger partial charge on any atom is -0.375 e. The number of nitrogens with zero attached hydrogens (tertiary/aromatic N) is 1. The number of nitro groups is 1. The molecule has 0 aliphatic rings. The molecule has 0 spiro atoms. The van der Waals surface area contributed by atoms with Crippen molar-refractivity contribution in [2.24, 2.45) is 0 Å². The quantitative estimate of drug-likeness (QED) is 0.650. The van der Waals surface area contributed by atoms with Gasteiger partial charge in [0, 0.05) is 28.2 Å². The van der Waals surface area contributed by atoms with E-state index in [9.17, 15) is 10.1 Å². The summed E-state index contributed by atoms with van der Waals surface area (Å²) in [6, 6.07) is 10.2. The molecule has 20 heavy (non-hydrogen) atoms. The van der Waals surface area contributed by atoms with Crippen molar-refractivity contribution in [3.05, 3.63) is 67.7 Å². The van der Waals surface area contributed by atoms with Gasteiger partial charge < -0.3 is 5.32 Å². The van der Waals surface area contributed by atoms with Crippen molar-refractivity contribution < 1.29 is 4.92 Å². The summed E-state index contributed by atoms with van der Waals surface area (Å²) in [6.45, 7) is 2.13. The molecule has 6 heteroatoms. The summed E-state index contributed by atoms with van der Waals surface area (Å²) < 4.78 is 0. The lowest BCUT2D eigenvalue weighted by atomic mass is 10.1. The van der Waals surface area contributed by atoms with Crippen molar-refractivity contribution in [3.63, 3.8) is 0 Å². The average molecular weight is 311 g/mol. The summed E-state index contributed by atoms with van der Waals surface area (Å²) >= 11 is 12.1. The number of nitro benzene ring substituents is 1. The molecular weight excluding hydrogens is 299 g/mol. The summed E-state index contributed by atoms with van der Waals surface area (Å²) in [4.78, 5) is 10.6. The van der Waals surface area contributed by atoms with E-state index in [1.807, 2.05) is 13.0 Å². The van der Waals surface area contributed by atoms with Gasteiger partial charge in [0.1, 0.15) is 5.69 Å². The molecule has 0 saturated carbocycles. The first-order chi connectivity index (χ1) is 9.49. The van der Waals surface area contributed by atoms with Gasteiger partial charge in [-0.3, -0.25) is 10.1 Å². The van der Waals surface area contributed by atoms with Crippen molar-refractivity contribution in [3.8, 4) is 0 Å². The second kappa shape index (κ2) is 6.11. The van der Waals surface area contributed by atoms with Gasteiger partial charge in [0.2, 0.25) is 0 Å². The van der Waals surface area contributed by atoms with Gasteiger partial charge >= 0.3 is 0 Å². The molecule has 1 N–H and O–H groups in total. The van der Waals surface area contributed by atoms with E-state index in [1.165, 1.54) is 6.07 Å². The molecule has 2 aromatic carbocycles. The summed E-state index contributed by atoms with van der Waals surface area (Å²) in [7, 11) is 0. The zero-order valence-corrected chi connectivity index (χ0v) is 12.2. The number of halogens is 2. The van der Waals surface area contributed by atoms with Crippen LogP contribution in [-0.4, -0.2) is 4.92 Å². The van der Waals surface area contributed by atoms with Gasteiger partial charge in [0.05, 0.1) is 4.92 Å². The Morgan fingerprint density at radius 3 is 2.45 bits per heavy atom. The van der Waals surface area contributed by atoms with Gasteiger partial charge in [-0.1, -0.05) is 35.3 Å². The summed E-state index contributed by atoms with van der Waals surface area (Å²) in [5.74, 6) is 0. The lowest BCUT2D eigenvalue weighted by Crippen LogP contribution is -2.04. The zero-order chi connectivity index (χ0) is 14.7. The number of hydrogen-bond donors (Lipinski definition) is 1. The lowest BCUT2D eigenvalue weighted by molar-refractivity contribution is -0.384. The second-order valence-electron chi connectivity index (χ2n) is 4.33. The van der Waals surface area contributed by atoms with E-state index in [4.69, 9.17) is 23.2 Å². The molecule has 104 valence electrons. The average Bonchev–Trinajstić information content (AvgIpc) is 2.39. The molecule has 0 aliphatic carbocycles. The van der Waals surface area contributed by atoms with Gasteiger partial charge in [-0.05, 0) is 30.7 Å². The summed E-state index contributed by atoms with van der Waals surface area (Å²) in [5.41, 5.74) is 2.02. The second-order valence-corrected chi connectivity index (χ2v) is 5.15. The van der Waals surface area contributed by atoms with Crippen LogP contribution < -0.4 is 5.32 Å². The van der Waals surface area contributed by atoms with E-state index in [2.05, 4.69) is 5.32 Å². The van der Waals surface area contributed by atoms with Crippen LogP contribution in [0.3, 0.4) is 0 Å². The Balaban J connectivity index is 2.25. The Morgan fingerprint density at radius 2 is 1.85 bits per heavy atom. The molecule has 0 unspecified atom stereocenters. The van der Waals surface area contributed by atoms with E-state index in [1.54, 1.807) is 24.3 Å². The van der Waals surface area contributed by atoms with Crippen LogP contribution in [0.15, 0.2) is 36.4 Å². The lowest BCUT2D eigenvalue weighted by Gasteiger charge is -2.10. The van der Waals surface area contributed by atoms with Crippen LogP contribution in [0.2, 0.25) is 10.0 Å². The number of anilines is 1. The largest absolute Gasteiger partial charge is 0.375 e. The fourth-order valence-electron chi connectivity index (χ4n) is 1.83. The molecule has 0 fully saturated rings. The highest BCUT2D eigenvalue weighted by Gasteiger charge is 2.14. The third-order valence-electron chi connectivity index (χ3n) is 2.87. The van der Waals surface area contributed by atoms with Gasteiger partial charge in [-0.2, -0.15) is 0 Å². The highest BCUT2D eigenvalue weighted by Crippen LogP contribution is 2.29. The molecule has 0 amide bonds. The van der Waals surface area contributed by atoms with Crippen LogP contribution in [0.5, 0.6) is 0 Å². The third-order valence-corrected chi connectivity index (χ3v) is 3.58. The number of benzene rings is 2. The number of hydrogen-bond acceptors (Lipinski definition) is 3. The first-order valence-electron chi connectivity index (χ1n) is 5.91. The minimum absolute atomic E-state index is 0.0353. The van der Waals surface area contributed by atoms with E-state index < -0.39 is 4.92 Å². The first kappa shape index (κ1) is 14.6. The fourth-order valence-corrected chi connectivity index (χ4v) is 2.36. The topological polar surface area (TPSA) is 55.2 Å². The standard InChI is InChI=1S/C14H12Cl2N2O2/c1-9-5-6-13(14(7-9)18(19)20)17-8-10-11(15)3-2-4-12(10)16/h2-7,17H,8H2,1H3. The number of aryl methyl sites for hydroxylation is 1. The molecule has 0 aliphatic heterocycles. The van der Waals surface area contributed by atoms with Crippen LogP contribution in [-0.2, 0) is 6.54 Å². The van der Waals surface area contributed by atoms with E-state index >= 15 is 0 Å². The van der Waals surface area contributed by atoms with Gasteiger partial charge in [0.15, 0.2) is 0 Å². The Hall–Kier alpha value is -1.78. The Bertz CT molecular complexity index is 639. The van der Waals surface area contributed by atoms with Gasteiger partial charge in [-0.25, -0.2) is 0 Å². The highest BCUT2D eigenvalue weighted by atomic mass is 35.5. The predicted molar refractivity (Wildman–Crippen MR) is 81.6 cm³/mol. The van der Waals surface area contributed by atoms with Crippen LogP contribution >= 0.6 is 23.2 Å². The van der Waals surface area contributed by atoms with Crippen molar-refractivity contribution >= 4 is 34.6 Å². The maximum absolute atomic E-state index is 11.0. The maximum Gasteiger partial charge on any atom is 0.292 e. The minimum atomic E-state index is -0.413. The van der Waals surface area contributed by atoms with Crippen LogP contribution in [0.4, 0.5) is 11.4 Å². The third kappa shape index (κ3) is 3.21. The van der Waals surface area contributed by atoms with Crippen molar-refractivity contribution in [2.45, 2.75) is 13.5 Å². The van der Waals surface area contributed by atoms with Crippen LogP contribution in [0, 0.1) is 17.0 Å². The van der Waals surface area contributed by atoms with Crippen LogP contribution in [0.25, 0.3) is 0 Å². The molecule has 2 rings (SSSR count). The first-order valence-corrected chi connectivity index (χ1v) is 6.66. The van der Waals surface area contributed by atoms with Gasteiger partial charge in [-0.15, -0.1) is 0 Å². The Labute approximate surface area is 126 Å². The Kier molecular flexibility index (Phi) is 4.47. The predicted octanol–water partition coefficient (Wildman–Crippen LogP) is 4.82. The van der Waals surface area contributed by atoms with E-state index in [0.29, 0.717) is 27.8 Å². The highest BCUT2D eigenvalue weighted by molar-refractivity contribution is 6.36. The molecule has 4 nitrogen and oxygen atoms in total. The SMILES string of the molecule is Cc1ccc(NCc2c(Cl)cccc2Cl)c([N+](=O)[O-])c1. The van der Waals surface area contributed by atoms with Gasteiger partial charge in [0.25, 0.3) is 5.69 Å². The Morgan fingerprint density at radius 1 is 1.20 bits per heavy atom. The number of rotatable bonds is 4. The zero-order valence-electron chi connectivity index (χ0n) is 10.7.